The van der Waals surface area contributed by atoms with Crippen LogP contribution in [0.5, 0.6) is 11.5 Å². The molecular weight excluding hydrogens is 398 g/mol. The first-order valence-corrected chi connectivity index (χ1v) is 10.5. The zero-order valence-corrected chi connectivity index (χ0v) is 17.8. The van der Waals surface area contributed by atoms with Gasteiger partial charge in [-0.25, -0.2) is 0 Å². The zero-order valence-electron chi connectivity index (χ0n) is 16.9. The standard InChI is InChI=1S/C23H23N3O3S/c1-27-19-9-5-8-17(13-19)23-24-22(29-25-23)16-26(15-20-10-6-12-30-20)14-18-7-3-4-11-21(18)28-2/h3-13H,14-16H2,1-2H3. The molecule has 0 N–H and O–H groups in total. The van der Waals surface area contributed by atoms with Crippen LogP contribution in [0.15, 0.2) is 70.6 Å². The molecule has 154 valence electrons. The summed E-state index contributed by atoms with van der Waals surface area (Å²) in [5.74, 6) is 2.75. The lowest BCUT2D eigenvalue weighted by Crippen LogP contribution is -2.22. The molecule has 0 radical (unpaired) electrons. The van der Waals surface area contributed by atoms with Crippen LogP contribution in [0.2, 0.25) is 0 Å². The van der Waals surface area contributed by atoms with Crippen molar-refractivity contribution in [3.05, 3.63) is 82.4 Å². The molecule has 2 aromatic carbocycles. The largest absolute Gasteiger partial charge is 0.497 e. The number of hydrogen-bond donors (Lipinski definition) is 0. The van der Waals surface area contributed by atoms with E-state index in [9.17, 15) is 0 Å². The molecular formula is C23H23N3O3S. The lowest BCUT2D eigenvalue weighted by Gasteiger charge is -2.21. The van der Waals surface area contributed by atoms with E-state index in [4.69, 9.17) is 14.0 Å². The molecule has 0 spiro atoms. The molecule has 0 amide bonds. The van der Waals surface area contributed by atoms with E-state index in [1.807, 2.05) is 42.5 Å². The van der Waals surface area contributed by atoms with Crippen molar-refractivity contribution in [2.45, 2.75) is 19.6 Å². The van der Waals surface area contributed by atoms with Crippen LogP contribution in [0, 0.1) is 0 Å². The van der Waals surface area contributed by atoms with Gasteiger partial charge in [-0.05, 0) is 29.6 Å². The second kappa shape index (κ2) is 9.56. The highest BCUT2D eigenvalue weighted by Gasteiger charge is 2.16. The van der Waals surface area contributed by atoms with E-state index in [0.29, 0.717) is 24.8 Å². The van der Waals surface area contributed by atoms with E-state index in [-0.39, 0.29) is 0 Å². The molecule has 4 aromatic rings. The first-order chi connectivity index (χ1) is 14.7. The summed E-state index contributed by atoms with van der Waals surface area (Å²) in [5.41, 5.74) is 1.97. The minimum absolute atomic E-state index is 0.535. The fourth-order valence-corrected chi connectivity index (χ4v) is 4.00. The van der Waals surface area contributed by atoms with Crippen molar-refractivity contribution in [2.75, 3.05) is 14.2 Å². The number of methoxy groups -OCH3 is 2. The first-order valence-electron chi connectivity index (χ1n) is 9.59. The van der Waals surface area contributed by atoms with E-state index >= 15 is 0 Å². The molecule has 2 heterocycles. The van der Waals surface area contributed by atoms with Gasteiger partial charge in [0.25, 0.3) is 0 Å². The molecule has 0 saturated carbocycles. The van der Waals surface area contributed by atoms with E-state index in [2.05, 4.69) is 38.6 Å². The van der Waals surface area contributed by atoms with E-state index in [1.165, 1.54) is 4.88 Å². The number of para-hydroxylation sites is 1. The highest BCUT2D eigenvalue weighted by atomic mass is 32.1. The Kier molecular flexibility index (Phi) is 6.41. The van der Waals surface area contributed by atoms with Crippen molar-refractivity contribution < 1.29 is 14.0 Å². The molecule has 6 nitrogen and oxygen atoms in total. The van der Waals surface area contributed by atoms with Gasteiger partial charge in [-0.1, -0.05) is 41.6 Å². The minimum atomic E-state index is 0.535. The summed E-state index contributed by atoms with van der Waals surface area (Å²) in [6.45, 7) is 2.03. The van der Waals surface area contributed by atoms with E-state index < -0.39 is 0 Å². The molecule has 0 fully saturated rings. The predicted molar refractivity (Wildman–Crippen MR) is 117 cm³/mol. The first kappa shape index (κ1) is 20.1. The smallest absolute Gasteiger partial charge is 0.241 e. The van der Waals surface area contributed by atoms with Crippen LogP contribution in [-0.2, 0) is 19.6 Å². The summed E-state index contributed by atoms with van der Waals surface area (Å²) in [7, 11) is 3.34. The minimum Gasteiger partial charge on any atom is -0.497 e. The van der Waals surface area contributed by atoms with E-state index in [1.54, 1.807) is 25.6 Å². The van der Waals surface area contributed by atoms with Crippen LogP contribution in [0.1, 0.15) is 16.3 Å². The summed E-state index contributed by atoms with van der Waals surface area (Å²) in [6.07, 6.45) is 0. The van der Waals surface area contributed by atoms with Crippen LogP contribution >= 0.6 is 11.3 Å². The van der Waals surface area contributed by atoms with Crippen molar-refractivity contribution in [3.8, 4) is 22.9 Å². The second-order valence-electron chi connectivity index (χ2n) is 6.78. The Morgan fingerprint density at radius 1 is 0.933 bits per heavy atom. The van der Waals surface area contributed by atoms with Crippen LogP contribution in [0.3, 0.4) is 0 Å². The molecule has 0 aliphatic rings. The number of thiophene rings is 1. The van der Waals surface area contributed by atoms with Gasteiger partial charge < -0.3 is 14.0 Å². The SMILES string of the molecule is COc1cccc(-c2noc(CN(Cc3cccs3)Cc3ccccc3OC)n2)c1. The Balaban J connectivity index is 1.55. The van der Waals surface area contributed by atoms with Crippen LogP contribution in [-0.4, -0.2) is 29.3 Å². The second-order valence-corrected chi connectivity index (χ2v) is 7.81. The van der Waals surface area contributed by atoms with Gasteiger partial charge in [0.15, 0.2) is 0 Å². The highest BCUT2D eigenvalue weighted by Crippen LogP contribution is 2.24. The Hall–Kier alpha value is -3.16. The lowest BCUT2D eigenvalue weighted by atomic mass is 10.2. The normalized spacial score (nSPS) is 11.0. The maximum atomic E-state index is 5.57. The summed E-state index contributed by atoms with van der Waals surface area (Å²) in [4.78, 5) is 8.15. The van der Waals surface area contributed by atoms with Crippen LogP contribution in [0.25, 0.3) is 11.4 Å². The average molecular weight is 422 g/mol. The van der Waals surface area contributed by atoms with E-state index in [0.717, 1.165) is 29.2 Å². The summed E-state index contributed by atoms with van der Waals surface area (Å²) in [5, 5.41) is 6.25. The molecule has 4 rings (SSSR count). The van der Waals surface area contributed by atoms with Gasteiger partial charge in [0.05, 0.1) is 20.8 Å². The van der Waals surface area contributed by atoms with Crippen LogP contribution < -0.4 is 9.47 Å². The van der Waals surface area contributed by atoms with Gasteiger partial charge in [-0.15, -0.1) is 11.3 Å². The monoisotopic (exact) mass is 421 g/mol. The number of benzene rings is 2. The molecule has 30 heavy (non-hydrogen) atoms. The Bertz CT molecular complexity index is 1080. The third-order valence-electron chi connectivity index (χ3n) is 4.70. The van der Waals surface area contributed by atoms with Gasteiger partial charge in [0.2, 0.25) is 11.7 Å². The Morgan fingerprint density at radius 2 is 1.83 bits per heavy atom. The number of aromatic nitrogens is 2. The average Bonchev–Trinajstić information content (AvgIpc) is 3.46. The molecule has 0 atom stereocenters. The Morgan fingerprint density at radius 3 is 2.63 bits per heavy atom. The molecule has 0 bridgehead atoms. The molecule has 0 aliphatic heterocycles. The summed E-state index contributed by atoms with van der Waals surface area (Å²) >= 11 is 1.74. The maximum absolute atomic E-state index is 5.57. The van der Waals surface area contributed by atoms with Crippen molar-refractivity contribution in [2.24, 2.45) is 0 Å². The quantitative estimate of drug-likeness (QED) is 0.378. The van der Waals surface area contributed by atoms with Crippen molar-refractivity contribution in [1.29, 1.82) is 0 Å². The summed E-state index contributed by atoms with van der Waals surface area (Å²) in [6, 6.07) is 19.9. The van der Waals surface area contributed by atoms with Crippen molar-refractivity contribution >= 4 is 11.3 Å². The topological polar surface area (TPSA) is 60.6 Å². The maximum Gasteiger partial charge on any atom is 0.241 e. The molecule has 0 unspecified atom stereocenters. The van der Waals surface area contributed by atoms with Gasteiger partial charge in [0.1, 0.15) is 11.5 Å². The number of hydrogen-bond acceptors (Lipinski definition) is 7. The summed E-state index contributed by atoms with van der Waals surface area (Å²) < 4.78 is 16.4. The van der Waals surface area contributed by atoms with Gasteiger partial charge >= 0.3 is 0 Å². The lowest BCUT2D eigenvalue weighted by molar-refractivity contribution is 0.210. The van der Waals surface area contributed by atoms with Crippen LogP contribution in [0.4, 0.5) is 0 Å². The molecule has 0 saturated heterocycles. The fourth-order valence-electron chi connectivity index (χ4n) is 3.25. The molecule has 0 aliphatic carbocycles. The van der Waals surface area contributed by atoms with Crippen molar-refractivity contribution in [3.63, 3.8) is 0 Å². The third kappa shape index (κ3) is 4.87. The molecule has 2 aromatic heterocycles. The Labute approximate surface area is 179 Å². The predicted octanol–water partition coefficient (Wildman–Crippen LogP) is 5.02. The zero-order chi connectivity index (χ0) is 20.8. The fraction of sp³-hybridized carbons (Fsp3) is 0.217. The molecule has 7 heteroatoms. The third-order valence-corrected chi connectivity index (χ3v) is 5.56. The number of ether oxygens (including phenoxy) is 2. The number of rotatable bonds is 9. The van der Waals surface area contributed by atoms with Gasteiger partial charge in [0, 0.05) is 29.1 Å². The van der Waals surface area contributed by atoms with Gasteiger partial charge in [-0.3, -0.25) is 4.90 Å². The van der Waals surface area contributed by atoms with Crippen molar-refractivity contribution in [1.82, 2.24) is 15.0 Å². The number of nitrogens with zero attached hydrogens (tertiary/aromatic N) is 3. The van der Waals surface area contributed by atoms with Gasteiger partial charge in [-0.2, -0.15) is 4.98 Å². The highest BCUT2D eigenvalue weighted by molar-refractivity contribution is 7.09.